The van der Waals surface area contributed by atoms with E-state index in [1.807, 2.05) is 17.8 Å². The van der Waals surface area contributed by atoms with E-state index in [1.165, 1.54) is 4.90 Å². The molecule has 0 saturated heterocycles. The Bertz CT molecular complexity index is 639. The Morgan fingerprint density at radius 2 is 1.92 bits per heavy atom. The van der Waals surface area contributed by atoms with Gasteiger partial charge >= 0.3 is 0 Å². The summed E-state index contributed by atoms with van der Waals surface area (Å²) in [6, 6.07) is 10.5. The summed E-state index contributed by atoms with van der Waals surface area (Å²) in [7, 11) is 1.79. The summed E-state index contributed by atoms with van der Waals surface area (Å²) in [5.41, 5.74) is 2.19. The number of guanidine groups is 1. The van der Waals surface area contributed by atoms with Crippen LogP contribution in [0.3, 0.4) is 0 Å². The van der Waals surface area contributed by atoms with Crippen LogP contribution in [0.25, 0.3) is 0 Å². The fourth-order valence-electron chi connectivity index (χ4n) is 2.52. The number of hydrogen-bond acceptors (Lipinski definition) is 4. The minimum atomic E-state index is 0. The van der Waals surface area contributed by atoms with Crippen molar-refractivity contribution < 1.29 is 4.52 Å². The number of nitrogens with one attached hydrogen (secondary N) is 2. The highest BCUT2D eigenvalue weighted by molar-refractivity contribution is 14.0. The van der Waals surface area contributed by atoms with Crippen molar-refractivity contribution in [2.24, 2.45) is 4.99 Å². The van der Waals surface area contributed by atoms with Crippen LogP contribution in [0.5, 0.6) is 0 Å². The first kappa shape index (κ1) is 22.8. The summed E-state index contributed by atoms with van der Waals surface area (Å²) >= 11 is 1.88. The second-order valence-corrected chi connectivity index (χ2v) is 6.77. The van der Waals surface area contributed by atoms with Crippen LogP contribution < -0.4 is 10.6 Å². The predicted molar refractivity (Wildman–Crippen MR) is 121 cm³/mol. The smallest absolute Gasteiger partial charge is 0.191 e. The predicted octanol–water partition coefficient (Wildman–Crippen LogP) is 4.26. The molecule has 0 aliphatic carbocycles. The lowest BCUT2D eigenvalue weighted by Crippen LogP contribution is -2.37. The maximum Gasteiger partial charge on any atom is 0.191 e. The van der Waals surface area contributed by atoms with Crippen molar-refractivity contribution in [3.05, 3.63) is 47.3 Å². The third-order valence-electron chi connectivity index (χ3n) is 3.89. The Labute approximate surface area is 177 Å². The summed E-state index contributed by atoms with van der Waals surface area (Å²) < 4.78 is 5.40. The molecule has 5 nitrogen and oxygen atoms in total. The van der Waals surface area contributed by atoms with Crippen molar-refractivity contribution in [2.45, 2.75) is 44.6 Å². The molecule has 7 heteroatoms. The van der Waals surface area contributed by atoms with Gasteiger partial charge in [-0.15, -0.1) is 35.7 Å². The Morgan fingerprint density at radius 3 is 2.58 bits per heavy atom. The van der Waals surface area contributed by atoms with Gasteiger partial charge in [-0.3, -0.25) is 4.99 Å². The number of halogens is 1. The van der Waals surface area contributed by atoms with Crippen molar-refractivity contribution in [3.63, 3.8) is 0 Å². The average molecular weight is 488 g/mol. The molecule has 0 atom stereocenters. The summed E-state index contributed by atoms with van der Waals surface area (Å²) in [4.78, 5) is 5.61. The molecule has 0 radical (unpaired) electrons. The molecule has 0 spiro atoms. The maximum atomic E-state index is 5.40. The summed E-state index contributed by atoms with van der Waals surface area (Å²) in [5, 5.41) is 10.9. The van der Waals surface area contributed by atoms with Crippen molar-refractivity contribution in [2.75, 3.05) is 19.3 Å². The Kier molecular flexibility index (Phi) is 11.4. The van der Waals surface area contributed by atoms with Gasteiger partial charge in [-0.05, 0) is 30.7 Å². The van der Waals surface area contributed by atoms with E-state index < -0.39 is 0 Å². The number of nitrogens with zero attached hydrogens (tertiary/aromatic N) is 2. The molecular formula is C19H29IN4OS. The van der Waals surface area contributed by atoms with Gasteiger partial charge in [0.25, 0.3) is 0 Å². The number of thioether (sulfide) groups is 1. The van der Waals surface area contributed by atoms with Gasteiger partial charge in [-0.2, -0.15) is 0 Å². The number of hydrogen-bond donors (Lipinski definition) is 2. The Hall–Kier alpha value is -1.22. The molecule has 1 heterocycles. The van der Waals surface area contributed by atoms with Gasteiger partial charge < -0.3 is 15.2 Å². The lowest BCUT2D eigenvalue weighted by atomic mass is 10.1. The molecular weight excluding hydrogens is 459 g/mol. The van der Waals surface area contributed by atoms with Crippen LogP contribution in [-0.4, -0.2) is 30.5 Å². The molecule has 0 unspecified atom stereocenters. The third-order valence-corrected chi connectivity index (χ3v) is 4.99. The minimum Gasteiger partial charge on any atom is -0.361 e. The molecule has 0 bridgehead atoms. The molecule has 2 aromatic rings. The highest BCUT2D eigenvalue weighted by atomic mass is 127. The average Bonchev–Trinajstić information content (AvgIpc) is 3.06. The van der Waals surface area contributed by atoms with E-state index in [0.29, 0.717) is 6.54 Å². The zero-order valence-electron chi connectivity index (χ0n) is 15.7. The molecule has 1 aromatic heterocycles. The van der Waals surface area contributed by atoms with Gasteiger partial charge in [0.2, 0.25) is 0 Å². The van der Waals surface area contributed by atoms with Crippen LogP contribution >= 0.6 is 35.7 Å². The molecule has 2 N–H and O–H groups in total. The van der Waals surface area contributed by atoms with Crippen LogP contribution in [0.15, 0.2) is 44.7 Å². The zero-order valence-corrected chi connectivity index (χ0v) is 18.9. The van der Waals surface area contributed by atoms with Crippen LogP contribution in [0.1, 0.15) is 37.3 Å². The van der Waals surface area contributed by atoms with E-state index in [0.717, 1.165) is 54.5 Å². The third kappa shape index (κ3) is 7.19. The second-order valence-electron chi connectivity index (χ2n) is 5.61. The van der Waals surface area contributed by atoms with E-state index in [4.69, 9.17) is 4.52 Å². The van der Waals surface area contributed by atoms with Crippen molar-refractivity contribution in [3.8, 4) is 0 Å². The van der Waals surface area contributed by atoms with Crippen molar-refractivity contribution in [1.82, 2.24) is 15.8 Å². The van der Waals surface area contributed by atoms with Gasteiger partial charge in [-0.25, -0.2) is 0 Å². The molecule has 0 amide bonds. The van der Waals surface area contributed by atoms with Crippen LogP contribution in [0.2, 0.25) is 0 Å². The minimum absolute atomic E-state index is 0. The van der Waals surface area contributed by atoms with Gasteiger partial charge in [0.1, 0.15) is 5.76 Å². The van der Waals surface area contributed by atoms with Crippen molar-refractivity contribution in [1.29, 1.82) is 0 Å². The van der Waals surface area contributed by atoms with Crippen LogP contribution in [0, 0.1) is 0 Å². The van der Waals surface area contributed by atoms with Crippen LogP contribution in [-0.2, 0) is 19.4 Å². The topological polar surface area (TPSA) is 62.5 Å². The quantitative estimate of drug-likeness (QED) is 0.182. The molecule has 144 valence electrons. The normalized spacial score (nSPS) is 11.1. The van der Waals surface area contributed by atoms with Crippen molar-refractivity contribution >= 4 is 41.7 Å². The zero-order chi connectivity index (χ0) is 17.9. The van der Waals surface area contributed by atoms with Gasteiger partial charge in [-0.1, -0.05) is 37.2 Å². The summed E-state index contributed by atoms with van der Waals surface area (Å²) in [6.07, 6.45) is 2.81. The first-order valence-corrected chi connectivity index (χ1v) is 9.85. The van der Waals surface area contributed by atoms with Gasteiger partial charge in [0, 0.05) is 37.0 Å². The first-order valence-electron chi connectivity index (χ1n) is 8.87. The second kappa shape index (κ2) is 13.0. The first-order chi connectivity index (χ1) is 12.3. The maximum absolute atomic E-state index is 5.40. The molecule has 1 aromatic carbocycles. The highest BCUT2D eigenvalue weighted by Gasteiger charge is 2.13. The number of aromatic nitrogens is 1. The van der Waals surface area contributed by atoms with E-state index in [9.17, 15) is 0 Å². The largest absolute Gasteiger partial charge is 0.361 e. The highest BCUT2D eigenvalue weighted by Crippen LogP contribution is 2.17. The van der Waals surface area contributed by atoms with E-state index in [-0.39, 0.29) is 24.0 Å². The molecule has 0 aliphatic heterocycles. The Morgan fingerprint density at radius 1 is 1.15 bits per heavy atom. The summed E-state index contributed by atoms with van der Waals surface area (Å²) in [5.74, 6) is 2.86. The number of benzene rings is 1. The SMILES string of the molecule is CCc1noc(CC)c1CNC(=NC)NCCCSc1ccccc1.I. The molecule has 0 saturated carbocycles. The number of aliphatic imine (C=N–C) groups is 1. The lowest BCUT2D eigenvalue weighted by Gasteiger charge is -2.12. The van der Waals surface area contributed by atoms with Gasteiger partial charge in [0.05, 0.1) is 5.69 Å². The van der Waals surface area contributed by atoms with Gasteiger partial charge in [0.15, 0.2) is 5.96 Å². The fourth-order valence-corrected chi connectivity index (χ4v) is 3.39. The van der Waals surface area contributed by atoms with E-state index in [1.54, 1.807) is 7.05 Å². The lowest BCUT2D eigenvalue weighted by molar-refractivity contribution is 0.380. The number of rotatable bonds is 9. The molecule has 2 rings (SSSR count). The monoisotopic (exact) mass is 488 g/mol. The van der Waals surface area contributed by atoms with Crippen LogP contribution in [0.4, 0.5) is 0 Å². The molecule has 0 aliphatic rings. The molecule has 0 fully saturated rings. The van der Waals surface area contributed by atoms with E-state index in [2.05, 4.69) is 58.9 Å². The number of aryl methyl sites for hydroxylation is 2. The molecule has 26 heavy (non-hydrogen) atoms. The fraction of sp³-hybridized carbons (Fsp3) is 0.474. The summed E-state index contributed by atoms with van der Waals surface area (Å²) in [6.45, 7) is 5.76. The standard InChI is InChI=1S/C19H28N4OS.HI/c1-4-17-16(18(5-2)24-23-17)14-22-19(20-3)21-12-9-13-25-15-10-7-6-8-11-15;/h6-8,10-11H,4-5,9,12-14H2,1-3H3,(H2,20,21,22);1H. The Balaban J connectivity index is 0.00000338. The van der Waals surface area contributed by atoms with E-state index >= 15 is 0 Å².